The fraction of sp³-hybridized carbons (Fsp3) is 0.286. The van der Waals surface area contributed by atoms with E-state index in [0.29, 0.717) is 47.5 Å². The molecule has 5 rings (SSSR count). The van der Waals surface area contributed by atoms with Gasteiger partial charge in [0.1, 0.15) is 37.1 Å². The van der Waals surface area contributed by atoms with Crippen molar-refractivity contribution in [2.24, 2.45) is 5.73 Å². The Hall–Kier alpha value is -3.98. The third-order valence-corrected chi connectivity index (χ3v) is 6.45. The van der Waals surface area contributed by atoms with Gasteiger partial charge >= 0.3 is 0 Å². The van der Waals surface area contributed by atoms with E-state index in [2.05, 4.69) is 4.98 Å². The number of imidazole rings is 1. The van der Waals surface area contributed by atoms with Gasteiger partial charge in [0.15, 0.2) is 28.7 Å². The number of aryl methyl sites for hydroxylation is 2. The number of ketones is 1. The summed E-state index contributed by atoms with van der Waals surface area (Å²) in [6, 6.07) is 11.0. The SMILES string of the molecule is Cc1cc(OCc2c(F)cccc2F)c2nc(C)c(C(=O)CC(CN)c3ccc4c(c3)OCCO4)n2c1. The highest BCUT2D eigenvalue weighted by atomic mass is 19.1. The number of nitrogens with zero attached hydrogens (tertiary/aromatic N) is 2. The molecule has 9 heteroatoms. The molecule has 0 bridgehead atoms. The van der Waals surface area contributed by atoms with E-state index in [4.69, 9.17) is 19.9 Å². The number of hydrogen-bond acceptors (Lipinski definition) is 6. The number of aromatic nitrogens is 2. The lowest BCUT2D eigenvalue weighted by Crippen LogP contribution is -2.19. The summed E-state index contributed by atoms with van der Waals surface area (Å²) in [5.74, 6) is -0.105. The van der Waals surface area contributed by atoms with E-state index in [-0.39, 0.29) is 36.8 Å². The largest absolute Gasteiger partial charge is 0.486 e. The van der Waals surface area contributed by atoms with Crippen LogP contribution in [0.3, 0.4) is 0 Å². The van der Waals surface area contributed by atoms with Gasteiger partial charge in [0.05, 0.1) is 11.3 Å². The van der Waals surface area contributed by atoms with Crippen molar-refractivity contribution in [3.8, 4) is 17.2 Å². The van der Waals surface area contributed by atoms with Gasteiger partial charge in [-0.15, -0.1) is 0 Å². The predicted octanol–water partition coefficient (Wildman–Crippen LogP) is 4.89. The van der Waals surface area contributed by atoms with E-state index in [9.17, 15) is 13.6 Å². The predicted molar refractivity (Wildman–Crippen MR) is 134 cm³/mol. The minimum absolute atomic E-state index is 0.132. The molecule has 0 amide bonds. The standard InChI is InChI=1S/C28H27F2N3O4/c1-16-10-26(37-15-20-21(29)4-3-5-22(20)30)28-32-17(2)27(33(28)14-16)23(34)11-19(13-31)18-6-7-24-25(12-18)36-9-8-35-24/h3-7,10,12,14,19H,8-9,11,13,15,31H2,1-2H3. The van der Waals surface area contributed by atoms with Crippen LogP contribution in [0, 0.1) is 25.5 Å². The molecular formula is C28H27F2N3O4. The molecular weight excluding hydrogens is 480 g/mol. The summed E-state index contributed by atoms with van der Waals surface area (Å²) in [6.07, 6.45) is 1.95. The summed E-state index contributed by atoms with van der Waals surface area (Å²) in [5, 5.41) is 0. The van der Waals surface area contributed by atoms with Gasteiger partial charge in [-0.1, -0.05) is 12.1 Å². The second-order valence-corrected chi connectivity index (χ2v) is 9.07. The first-order chi connectivity index (χ1) is 17.9. The van der Waals surface area contributed by atoms with E-state index >= 15 is 0 Å². The summed E-state index contributed by atoms with van der Waals surface area (Å²) < 4.78 is 46.9. The zero-order chi connectivity index (χ0) is 26.1. The number of nitrogens with two attached hydrogens (primary N) is 1. The number of carbonyl (C=O) groups is 1. The van der Waals surface area contributed by atoms with Crippen LogP contribution in [-0.4, -0.2) is 34.9 Å². The van der Waals surface area contributed by atoms with Gasteiger partial charge < -0.3 is 19.9 Å². The molecule has 1 aliphatic rings. The number of ether oxygens (including phenoxy) is 3. The maximum atomic E-state index is 14.1. The number of Topliss-reactive ketones (excluding diaryl/α,β-unsaturated/α-hetero) is 1. The second kappa shape index (κ2) is 10.2. The number of carbonyl (C=O) groups excluding carboxylic acids is 1. The van der Waals surface area contributed by atoms with Crippen molar-refractivity contribution in [3.63, 3.8) is 0 Å². The maximum Gasteiger partial charge on any atom is 0.182 e. The molecule has 192 valence electrons. The first-order valence-electron chi connectivity index (χ1n) is 12.0. The van der Waals surface area contributed by atoms with Gasteiger partial charge in [-0.25, -0.2) is 13.8 Å². The Morgan fingerprint density at radius 2 is 1.84 bits per heavy atom. The van der Waals surface area contributed by atoms with Crippen molar-refractivity contribution in [3.05, 3.63) is 88.4 Å². The monoisotopic (exact) mass is 507 g/mol. The number of pyridine rings is 1. The molecule has 2 N–H and O–H groups in total. The van der Waals surface area contributed by atoms with Gasteiger partial charge in [-0.2, -0.15) is 0 Å². The summed E-state index contributed by atoms with van der Waals surface area (Å²) in [5.41, 5.74) is 8.92. The van der Waals surface area contributed by atoms with Crippen LogP contribution in [0.5, 0.6) is 17.2 Å². The third kappa shape index (κ3) is 4.86. The number of rotatable bonds is 8. The lowest BCUT2D eigenvalue weighted by Gasteiger charge is -2.21. The van der Waals surface area contributed by atoms with Crippen LogP contribution < -0.4 is 19.9 Å². The van der Waals surface area contributed by atoms with Crippen LogP contribution >= 0.6 is 0 Å². The van der Waals surface area contributed by atoms with Crippen LogP contribution in [0.25, 0.3) is 5.65 Å². The fourth-order valence-electron chi connectivity index (χ4n) is 4.59. The molecule has 1 atom stereocenters. The average Bonchev–Trinajstić information content (AvgIpc) is 3.22. The van der Waals surface area contributed by atoms with Gasteiger partial charge in [-0.05, 0) is 61.9 Å². The van der Waals surface area contributed by atoms with Crippen molar-refractivity contribution in [2.45, 2.75) is 32.8 Å². The van der Waals surface area contributed by atoms with Crippen LogP contribution in [0.15, 0.2) is 48.7 Å². The molecule has 1 unspecified atom stereocenters. The van der Waals surface area contributed by atoms with E-state index in [1.165, 1.54) is 18.2 Å². The average molecular weight is 508 g/mol. The Morgan fingerprint density at radius 3 is 2.57 bits per heavy atom. The first-order valence-corrected chi connectivity index (χ1v) is 12.0. The summed E-state index contributed by atoms with van der Waals surface area (Å²) in [4.78, 5) is 18.1. The summed E-state index contributed by atoms with van der Waals surface area (Å²) in [7, 11) is 0. The maximum absolute atomic E-state index is 14.1. The molecule has 3 heterocycles. The van der Waals surface area contributed by atoms with Crippen molar-refractivity contribution in [1.29, 1.82) is 0 Å². The zero-order valence-corrected chi connectivity index (χ0v) is 20.6. The number of halogens is 2. The van der Waals surface area contributed by atoms with E-state index in [1.807, 2.05) is 25.1 Å². The molecule has 0 radical (unpaired) electrons. The van der Waals surface area contributed by atoms with Gasteiger partial charge in [-0.3, -0.25) is 9.20 Å². The summed E-state index contributed by atoms with van der Waals surface area (Å²) >= 11 is 0. The zero-order valence-electron chi connectivity index (χ0n) is 20.6. The number of benzene rings is 2. The molecule has 2 aromatic carbocycles. The van der Waals surface area contributed by atoms with E-state index in [1.54, 1.807) is 23.6 Å². The molecule has 0 saturated heterocycles. The number of hydrogen-bond donors (Lipinski definition) is 1. The fourth-order valence-corrected chi connectivity index (χ4v) is 4.59. The molecule has 4 aromatic rings. The quantitative estimate of drug-likeness (QED) is 0.342. The van der Waals surface area contributed by atoms with Crippen molar-refractivity contribution >= 4 is 11.4 Å². The van der Waals surface area contributed by atoms with E-state index in [0.717, 1.165) is 11.1 Å². The number of fused-ring (bicyclic) bond motifs is 2. The lowest BCUT2D eigenvalue weighted by atomic mass is 9.92. The van der Waals surface area contributed by atoms with Crippen molar-refractivity contribution in [2.75, 3.05) is 19.8 Å². The topological polar surface area (TPSA) is 88.1 Å². The molecule has 1 aliphatic heterocycles. The van der Waals surface area contributed by atoms with Crippen LogP contribution in [-0.2, 0) is 6.61 Å². The minimum atomic E-state index is -0.689. The van der Waals surface area contributed by atoms with Crippen LogP contribution in [0.2, 0.25) is 0 Å². The van der Waals surface area contributed by atoms with Gasteiger partial charge in [0.25, 0.3) is 0 Å². The normalized spacial score (nSPS) is 13.5. The van der Waals surface area contributed by atoms with Crippen LogP contribution in [0.1, 0.15) is 45.2 Å². The van der Waals surface area contributed by atoms with Gasteiger partial charge in [0.2, 0.25) is 0 Å². The molecule has 0 fully saturated rings. The highest BCUT2D eigenvalue weighted by Gasteiger charge is 2.24. The smallest absolute Gasteiger partial charge is 0.182 e. The van der Waals surface area contributed by atoms with E-state index < -0.39 is 11.6 Å². The Kier molecular flexibility index (Phi) is 6.80. The van der Waals surface area contributed by atoms with Crippen molar-refractivity contribution < 1.29 is 27.8 Å². The molecule has 0 saturated carbocycles. The van der Waals surface area contributed by atoms with Crippen LogP contribution in [0.4, 0.5) is 8.78 Å². The Bertz CT molecular complexity index is 1460. The molecule has 7 nitrogen and oxygen atoms in total. The second-order valence-electron chi connectivity index (χ2n) is 9.07. The Labute approximate surface area is 212 Å². The molecule has 0 spiro atoms. The lowest BCUT2D eigenvalue weighted by molar-refractivity contribution is 0.0967. The van der Waals surface area contributed by atoms with Gasteiger partial charge in [0, 0.05) is 18.5 Å². The third-order valence-electron chi connectivity index (χ3n) is 6.45. The Balaban J connectivity index is 1.43. The highest BCUT2D eigenvalue weighted by molar-refractivity contribution is 5.97. The Morgan fingerprint density at radius 1 is 1.11 bits per heavy atom. The highest BCUT2D eigenvalue weighted by Crippen LogP contribution is 2.34. The molecule has 2 aromatic heterocycles. The summed E-state index contributed by atoms with van der Waals surface area (Å²) in [6.45, 7) is 4.51. The molecule has 37 heavy (non-hydrogen) atoms. The van der Waals surface area contributed by atoms with Crippen molar-refractivity contribution in [1.82, 2.24) is 9.38 Å². The molecule has 0 aliphatic carbocycles. The first kappa shape index (κ1) is 24.7. The minimum Gasteiger partial charge on any atom is -0.486 e.